The standard InChI is InChI=1S/C27H26N2O4/c30-25(29-19-11-12-19)17-32-20-13-9-18(10-14-20)15-16-28-27(31)26-21-5-1-3-7-23(21)33-24-8-4-2-6-22(24)26/h1-10,13-14,19,26H,11-12,15-17H2,(H,28,31)(H,29,30). The molecular weight excluding hydrogens is 416 g/mol. The topological polar surface area (TPSA) is 76.7 Å². The van der Waals surface area contributed by atoms with Crippen molar-refractivity contribution < 1.29 is 19.1 Å². The molecule has 1 aliphatic heterocycles. The minimum atomic E-state index is -0.399. The first-order valence-corrected chi connectivity index (χ1v) is 11.3. The Labute approximate surface area is 192 Å². The van der Waals surface area contributed by atoms with Crippen LogP contribution in [0.3, 0.4) is 0 Å². The predicted octanol–water partition coefficient (Wildman–Crippen LogP) is 3.94. The van der Waals surface area contributed by atoms with Crippen molar-refractivity contribution in [2.75, 3.05) is 13.2 Å². The maximum atomic E-state index is 13.2. The van der Waals surface area contributed by atoms with E-state index in [1.54, 1.807) is 0 Å². The third-order valence-corrected chi connectivity index (χ3v) is 5.89. The van der Waals surface area contributed by atoms with E-state index in [-0.39, 0.29) is 18.4 Å². The highest BCUT2D eigenvalue weighted by molar-refractivity contribution is 5.89. The molecule has 1 fully saturated rings. The van der Waals surface area contributed by atoms with Crippen LogP contribution in [0.2, 0.25) is 0 Å². The molecule has 0 aromatic heterocycles. The van der Waals surface area contributed by atoms with E-state index in [1.807, 2.05) is 72.8 Å². The van der Waals surface area contributed by atoms with Gasteiger partial charge in [0.1, 0.15) is 17.2 Å². The summed E-state index contributed by atoms with van der Waals surface area (Å²) in [4.78, 5) is 24.9. The molecule has 2 aliphatic rings. The lowest BCUT2D eigenvalue weighted by Crippen LogP contribution is -2.33. The van der Waals surface area contributed by atoms with Crippen molar-refractivity contribution in [2.45, 2.75) is 31.2 Å². The van der Waals surface area contributed by atoms with Gasteiger partial charge >= 0.3 is 0 Å². The number of ether oxygens (including phenoxy) is 2. The van der Waals surface area contributed by atoms with Crippen molar-refractivity contribution in [3.05, 3.63) is 89.5 Å². The summed E-state index contributed by atoms with van der Waals surface area (Å²) in [6.45, 7) is 0.546. The van der Waals surface area contributed by atoms with Crippen LogP contribution in [-0.2, 0) is 16.0 Å². The van der Waals surface area contributed by atoms with Crippen LogP contribution >= 0.6 is 0 Å². The number of benzene rings is 3. The SMILES string of the molecule is O=C(COc1ccc(CCNC(=O)C2c3ccccc3Oc3ccccc32)cc1)NC1CC1. The van der Waals surface area contributed by atoms with Crippen molar-refractivity contribution >= 4 is 11.8 Å². The molecule has 2 N–H and O–H groups in total. The van der Waals surface area contributed by atoms with Gasteiger partial charge in [-0.05, 0) is 49.1 Å². The van der Waals surface area contributed by atoms with Crippen LogP contribution < -0.4 is 20.1 Å². The number of para-hydroxylation sites is 2. The smallest absolute Gasteiger partial charge is 0.258 e. The maximum Gasteiger partial charge on any atom is 0.258 e. The van der Waals surface area contributed by atoms with Crippen molar-refractivity contribution in [1.82, 2.24) is 10.6 Å². The molecule has 6 nitrogen and oxygen atoms in total. The lowest BCUT2D eigenvalue weighted by Gasteiger charge is -2.27. The van der Waals surface area contributed by atoms with Gasteiger partial charge in [-0.2, -0.15) is 0 Å². The van der Waals surface area contributed by atoms with Gasteiger partial charge in [0.05, 0.1) is 5.92 Å². The molecule has 6 heteroatoms. The predicted molar refractivity (Wildman–Crippen MR) is 125 cm³/mol. The Morgan fingerprint density at radius 1 is 0.879 bits per heavy atom. The molecule has 3 aromatic carbocycles. The summed E-state index contributed by atoms with van der Waals surface area (Å²) >= 11 is 0. The van der Waals surface area contributed by atoms with Crippen LogP contribution in [0.25, 0.3) is 0 Å². The maximum absolute atomic E-state index is 13.2. The van der Waals surface area contributed by atoms with Crippen LogP contribution in [0.15, 0.2) is 72.8 Å². The van der Waals surface area contributed by atoms with Crippen LogP contribution in [0.1, 0.15) is 35.4 Å². The van der Waals surface area contributed by atoms with Gasteiger partial charge in [-0.3, -0.25) is 9.59 Å². The molecule has 0 radical (unpaired) electrons. The summed E-state index contributed by atoms with van der Waals surface area (Å²) in [5.74, 6) is 1.57. The molecule has 33 heavy (non-hydrogen) atoms. The van der Waals surface area contributed by atoms with Gasteiger partial charge in [-0.15, -0.1) is 0 Å². The molecule has 1 saturated carbocycles. The Balaban J connectivity index is 1.16. The second-order valence-electron chi connectivity index (χ2n) is 8.43. The Kier molecular flexibility index (Phi) is 5.98. The number of carbonyl (C=O) groups excluding carboxylic acids is 2. The van der Waals surface area contributed by atoms with Crippen LogP contribution in [0, 0.1) is 0 Å². The normalized spacial score (nSPS) is 14.4. The molecule has 3 aromatic rings. The first kappa shape index (κ1) is 21.1. The molecule has 0 spiro atoms. The number of rotatable bonds is 8. The summed E-state index contributed by atoms with van der Waals surface area (Å²) in [6.07, 6.45) is 2.82. The average molecular weight is 443 g/mol. The summed E-state index contributed by atoms with van der Waals surface area (Å²) in [5.41, 5.74) is 2.83. The van der Waals surface area contributed by atoms with E-state index in [1.165, 1.54) is 0 Å². The zero-order valence-corrected chi connectivity index (χ0v) is 18.3. The summed E-state index contributed by atoms with van der Waals surface area (Å²) in [6, 6.07) is 23.3. The van der Waals surface area contributed by atoms with Gasteiger partial charge in [0.15, 0.2) is 6.61 Å². The zero-order chi connectivity index (χ0) is 22.6. The number of nitrogens with one attached hydrogen (secondary N) is 2. The highest BCUT2D eigenvalue weighted by Crippen LogP contribution is 2.43. The van der Waals surface area contributed by atoms with E-state index in [0.29, 0.717) is 24.8 Å². The largest absolute Gasteiger partial charge is 0.484 e. The summed E-state index contributed by atoms with van der Waals surface area (Å²) in [7, 11) is 0. The molecule has 2 amide bonds. The molecular formula is C27H26N2O4. The van der Waals surface area contributed by atoms with E-state index < -0.39 is 5.92 Å². The Bertz CT molecular complexity index is 1110. The third kappa shape index (κ3) is 5.00. The first-order chi connectivity index (χ1) is 16.2. The van der Waals surface area contributed by atoms with E-state index in [0.717, 1.165) is 41.0 Å². The van der Waals surface area contributed by atoms with Crippen LogP contribution in [0.4, 0.5) is 0 Å². The Hall–Kier alpha value is -3.80. The van der Waals surface area contributed by atoms with Gasteiger partial charge < -0.3 is 20.1 Å². The highest BCUT2D eigenvalue weighted by atomic mass is 16.5. The second kappa shape index (κ2) is 9.36. The summed E-state index contributed by atoms with van der Waals surface area (Å²) in [5, 5.41) is 5.98. The van der Waals surface area contributed by atoms with Crippen molar-refractivity contribution in [3.8, 4) is 17.2 Å². The van der Waals surface area contributed by atoms with Crippen molar-refractivity contribution in [3.63, 3.8) is 0 Å². The summed E-state index contributed by atoms with van der Waals surface area (Å²) < 4.78 is 11.5. The van der Waals surface area contributed by atoms with Crippen LogP contribution in [-0.4, -0.2) is 31.0 Å². The van der Waals surface area contributed by atoms with Crippen LogP contribution in [0.5, 0.6) is 17.2 Å². The molecule has 0 unspecified atom stereocenters. The fourth-order valence-corrected chi connectivity index (χ4v) is 4.02. The highest BCUT2D eigenvalue weighted by Gasteiger charge is 2.32. The Morgan fingerprint density at radius 3 is 2.15 bits per heavy atom. The van der Waals surface area contributed by atoms with Gasteiger partial charge in [0.2, 0.25) is 5.91 Å². The van der Waals surface area contributed by atoms with Gasteiger partial charge in [-0.1, -0.05) is 48.5 Å². The molecule has 1 aliphatic carbocycles. The number of hydrogen-bond acceptors (Lipinski definition) is 4. The molecule has 0 bridgehead atoms. The molecule has 0 saturated heterocycles. The monoisotopic (exact) mass is 442 g/mol. The fourth-order valence-electron chi connectivity index (χ4n) is 4.02. The minimum absolute atomic E-state index is 0.0277. The van der Waals surface area contributed by atoms with E-state index in [4.69, 9.17) is 9.47 Å². The number of amides is 2. The molecule has 0 atom stereocenters. The van der Waals surface area contributed by atoms with Gasteiger partial charge in [-0.25, -0.2) is 0 Å². The quantitative estimate of drug-likeness (QED) is 0.554. The number of carbonyl (C=O) groups is 2. The van der Waals surface area contributed by atoms with Crippen molar-refractivity contribution in [2.24, 2.45) is 0 Å². The molecule has 1 heterocycles. The average Bonchev–Trinajstić information content (AvgIpc) is 3.66. The lowest BCUT2D eigenvalue weighted by atomic mass is 9.87. The molecule has 5 rings (SSSR count). The van der Waals surface area contributed by atoms with Gasteiger partial charge in [0, 0.05) is 23.7 Å². The second-order valence-corrected chi connectivity index (χ2v) is 8.43. The lowest BCUT2D eigenvalue weighted by molar-refractivity contribution is -0.123. The van der Waals surface area contributed by atoms with Gasteiger partial charge in [0.25, 0.3) is 5.91 Å². The number of fused-ring (bicyclic) bond motifs is 2. The first-order valence-electron chi connectivity index (χ1n) is 11.3. The van der Waals surface area contributed by atoms with E-state index >= 15 is 0 Å². The van der Waals surface area contributed by atoms with Crippen molar-refractivity contribution in [1.29, 1.82) is 0 Å². The fraction of sp³-hybridized carbons (Fsp3) is 0.259. The molecule has 168 valence electrons. The zero-order valence-electron chi connectivity index (χ0n) is 18.3. The number of hydrogen-bond donors (Lipinski definition) is 2. The Morgan fingerprint density at radius 2 is 1.52 bits per heavy atom. The van der Waals surface area contributed by atoms with E-state index in [2.05, 4.69) is 10.6 Å². The minimum Gasteiger partial charge on any atom is -0.484 e. The van der Waals surface area contributed by atoms with E-state index in [9.17, 15) is 9.59 Å². The third-order valence-electron chi connectivity index (χ3n) is 5.89.